The highest BCUT2D eigenvalue weighted by Gasteiger charge is 2.53. The van der Waals surface area contributed by atoms with Crippen molar-refractivity contribution in [1.29, 1.82) is 0 Å². The third-order valence-corrected chi connectivity index (χ3v) is 20.7. The zero-order valence-electron chi connectivity index (χ0n) is 58.5. The maximum absolute atomic E-state index is 11.5. The van der Waals surface area contributed by atoms with E-state index in [0.717, 1.165) is 116 Å². The number of unbranched alkanes of at least 4 members (excludes halogenated alkanes) is 56. The van der Waals surface area contributed by atoms with E-state index in [1.807, 2.05) is 0 Å². The topological polar surface area (TPSA) is 210 Å². The normalized spacial score (nSPS) is 12.0. The molecule has 89 heavy (non-hydrogen) atoms. The summed E-state index contributed by atoms with van der Waals surface area (Å²) in [6.45, 7) is -0.502. The number of aliphatic hydroxyl groups excluding tert-OH is 3. The van der Waals surface area contributed by atoms with Crippen molar-refractivity contribution in [2.75, 3.05) is 19.8 Å². The summed E-state index contributed by atoms with van der Waals surface area (Å²) >= 11 is 0. The fraction of sp³-hybridized carbons (Fsp3) is 0.949. The lowest BCUT2D eigenvalue weighted by molar-refractivity contribution is -0.138. The maximum Gasteiger partial charge on any atom is 0.303 e. The van der Waals surface area contributed by atoms with Gasteiger partial charge in [0.1, 0.15) is 0 Å². The Morgan fingerprint density at radius 2 is 0.337 bits per heavy atom. The lowest BCUT2D eigenvalue weighted by Gasteiger charge is -2.54. The van der Waals surface area contributed by atoms with E-state index in [1.54, 1.807) is 0 Å². The standard InChI is InChI=1S/C78H150O11/c79-69-77(70-80,71-81)78(67-59-51-43-35-27-19-11-3-9-17-25-33-41-49-57-65-75(86)87,68-60-52-44-36-28-20-12-4-10-18-26-34-42-50-58-66-76(88)89)72(61-53-45-37-29-21-13-5-1-7-15-23-31-39-47-55-63-73(82)83)62-54-46-38-30-22-14-6-2-8-16-24-32-40-48-56-64-74(84)85/h72,79-81H,1-71H2,(H,82,83)(H,84,85)(H,86,87)(H,88,89). The van der Waals surface area contributed by atoms with Gasteiger partial charge >= 0.3 is 23.9 Å². The van der Waals surface area contributed by atoms with Crippen LogP contribution in [0.25, 0.3) is 0 Å². The van der Waals surface area contributed by atoms with Gasteiger partial charge in [0.05, 0.1) is 19.8 Å². The van der Waals surface area contributed by atoms with E-state index in [4.69, 9.17) is 20.4 Å². The monoisotopic (exact) mass is 1260 g/mol. The molecule has 11 nitrogen and oxygen atoms in total. The molecule has 0 bridgehead atoms. The Kier molecular flexibility index (Phi) is 65.5. The van der Waals surface area contributed by atoms with E-state index in [9.17, 15) is 34.5 Å². The fourth-order valence-corrected chi connectivity index (χ4v) is 14.8. The van der Waals surface area contributed by atoms with Crippen molar-refractivity contribution in [3.05, 3.63) is 0 Å². The zero-order valence-corrected chi connectivity index (χ0v) is 58.5. The highest BCUT2D eigenvalue weighted by molar-refractivity contribution is 5.67. The summed E-state index contributed by atoms with van der Waals surface area (Å²) < 4.78 is 0. The second-order valence-electron chi connectivity index (χ2n) is 28.5. The predicted molar refractivity (Wildman–Crippen MR) is 374 cm³/mol. The molecule has 0 heterocycles. The minimum Gasteiger partial charge on any atom is -0.481 e. The van der Waals surface area contributed by atoms with Crippen LogP contribution >= 0.6 is 0 Å². The second-order valence-corrected chi connectivity index (χ2v) is 28.5. The van der Waals surface area contributed by atoms with Crippen molar-refractivity contribution in [2.24, 2.45) is 16.7 Å². The summed E-state index contributed by atoms with van der Waals surface area (Å²) in [5.41, 5.74) is -1.23. The largest absolute Gasteiger partial charge is 0.481 e. The van der Waals surface area contributed by atoms with Gasteiger partial charge in [0.2, 0.25) is 0 Å². The van der Waals surface area contributed by atoms with Gasteiger partial charge in [-0.1, -0.05) is 360 Å². The van der Waals surface area contributed by atoms with Gasteiger partial charge in [-0.25, -0.2) is 0 Å². The number of carboxylic acid groups (broad SMARTS) is 4. The van der Waals surface area contributed by atoms with Gasteiger partial charge in [0, 0.05) is 31.1 Å². The van der Waals surface area contributed by atoms with Crippen LogP contribution in [0.5, 0.6) is 0 Å². The summed E-state index contributed by atoms with van der Waals surface area (Å²) in [6.07, 6.45) is 77.9. The molecule has 0 amide bonds. The molecular formula is C78H150O11. The molecule has 0 unspecified atom stereocenters. The van der Waals surface area contributed by atoms with Gasteiger partial charge in [0.15, 0.2) is 0 Å². The quantitative estimate of drug-likeness (QED) is 0.0285. The van der Waals surface area contributed by atoms with E-state index in [2.05, 4.69) is 0 Å². The van der Waals surface area contributed by atoms with E-state index < -0.39 is 29.3 Å². The van der Waals surface area contributed by atoms with Crippen LogP contribution < -0.4 is 0 Å². The first-order valence-electron chi connectivity index (χ1n) is 39.2. The van der Waals surface area contributed by atoms with Crippen molar-refractivity contribution in [1.82, 2.24) is 0 Å². The van der Waals surface area contributed by atoms with Crippen LogP contribution in [0.15, 0.2) is 0 Å². The van der Waals surface area contributed by atoms with Crippen molar-refractivity contribution in [3.63, 3.8) is 0 Å². The Bertz CT molecular complexity index is 1410. The molecule has 0 aromatic carbocycles. The Labute approximate surface area is 549 Å². The molecule has 0 spiro atoms. The molecule has 7 N–H and O–H groups in total. The Hall–Kier alpha value is -2.24. The highest BCUT2D eigenvalue weighted by atomic mass is 16.4. The highest BCUT2D eigenvalue weighted by Crippen LogP contribution is 2.56. The van der Waals surface area contributed by atoms with E-state index in [-0.39, 0.29) is 25.2 Å². The van der Waals surface area contributed by atoms with Gasteiger partial charge in [-0.05, 0) is 62.7 Å². The van der Waals surface area contributed by atoms with Crippen LogP contribution in [-0.4, -0.2) is 79.4 Å². The van der Waals surface area contributed by atoms with Gasteiger partial charge in [-0.3, -0.25) is 19.2 Å². The molecule has 528 valence electrons. The van der Waals surface area contributed by atoms with Gasteiger partial charge in [-0.15, -0.1) is 0 Å². The summed E-state index contributed by atoms with van der Waals surface area (Å²) in [5.74, 6) is -2.37. The molecule has 11 heteroatoms. The average molecular weight is 1260 g/mol. The first kappa shape index (κ1) is 86.8. The number of rotatable bonds is 77. The summed E-state index contributed by atoms with van der Waals surface area (Å²) in [6, 6.07) is 0. The van der Waals surface area contributed by atoms with Gasteiger partial charge < -0.3 is 35.7 Å². The van der Waals surface area contributed by atoms with Crippen LogP contribution in [0.1, 0.15) is 437 Å². The van der Waals surface area contributed by atoms with E-state index in [0.29, 0.717) is 31.6 Å². The zero-order chi connectivity index (χ0) is 65.1. The average Bonchev–Trinajstić information content (AvgIpc) is 0.968. The van der Waals surface area contributed by atoms with Crippen LogP contribution in [-0.2, 0) is 19.2 Å². The summed E-state index contributed by atoms with van der Waals surface area (Å²) in [5, 5.41) is 70.1. The van der Waals surface area contributed by atoms with Crippen molar-refractivity contribution < 1.29 is 54.9 Å². The predicted octanol–water partition coefficient (Wildman–Crippen LogP) is 23.4. The SMILES string of the molecule is O=C(O)CCCCCCCCCCCCCCCCCC(CCCCCCCCCCCCCCCCCC(=O)O)C(CCCCCCCCCCCCCCCCCC(=O)O)(CCCCCCCCCCCCCCCCCC(=O)O)C(CO)(CO)CO. The summed E-state index contributed by atoms with van der Waals surface area (Å²) in [4.78, 5) is 43.1. The first-order chi connectivity index (χ1) is 43.5. The van der Waals surface area contributed by atoms with E-state index >= 15 is 0 Å². The molecule has 0 rings (SSSR count). The van der Waals surface area contributed by atoms with E-state index in [1.165, 1.54) is 295 Å². The van der Waals surface area contributed by atoms with Crippen LogP contribution in [0.3, 0.4) is 0 Å². The summed E-state index contributed by atoms with van der Waals surface area (Å²) in [7, 11) is 0. The number of aliphatic carboxylic acids is 4. The molecule has 0 aliphatic carbocycles. The molecule has 0 saturated heterocycles. The number of hydrogen-bond donors (Lipinski definition) is 7. The number of hydrogen-bond acceptors (Lipinski definition) is 7. The lowest BCUT2D eigenvalue weighted by Crippen LogP contribution is -2.54. The van der Waals surface area contributed by atoms with Gasteiger partial charge in [-0.2, -0.15) is 0 Å². The number of carbonyl (C=O) groups is 4. The Morgan fingerprint density at radius 1 is 0.202 bits per heavy atom. The van der Waals surface area contributed by atoms with Crippen molar-refractivity contribution in [2.45, 2.75) is 437 Å². The number of carboxylic acids is 4. The third kappa shape index (κ3) is 55.9. The van der Waals surface area contributed by atoms with Crippen LogP contribution in [0.4, 0.5) is 0 Å². The molecule has 0 radical (unpaired) electrons. The lowest BCUT2D eigenvalue weighted by atomic mass is 9.52. The molecule has 0 atom stereocenters. The van der Waals surface area contributed by atoms with Gasteiger partial charge in [0.25, 0.3) is 0 Å². The molecule has 0 aliphatic heterocycles. The number of aliphatic hydroxyl groups is 3. The van der Waals surface area contributed by atoms with Crippen LogP contribution in [0.2, 0.25) is 0 Å². The Balaban J connectivity index is 5.72. The minimum absolute atomic E-state index is 0.167. The van der Waals surface area contributed by atoms with Crippen LogP contribution in [0, 0.1) is 16.7 Å². The van der Waals surface area contributed by atoms with Crippen molar-refractivity contribution >= 4 is 23.9 Å². The molecule has 0 fully saturated rings. The first-order valence-corrected chi connectivity index (χ1v) is 39.2. The molecule has 0 aromatic rings. The smallest absolute Gasteiger partial charge is 0.303 e. The van der Waals surface area contributed by atoms with Crippen molar-refractivity contribution in [3.8, 4) is 0 Å². The fourth-order valence-electron chi connectivity index (χ4n) is 14.8. The molecule has 0 aliphatic rings. The third-order valence-electron chi connectivity index (χ3n) is 20.7. The Morgan fingerprint density at radius 3 is 0.483 bits per heavy atom. The maximum atomic E-state index is 11.5. The molecule has 0 aromatic heterocycles. The molecule has 0 saturated carbocycles. The second kappa shape index (κ2) is 67.2. The minimum atomic E-state index is -0.914. The molecular weight excluding hydrogens is 1110 g/mol.